The SMILES string of the molecule is CC(C)C(C(=O)NC(=S)Nc1ccccc1)n1c(-c2ccccc2)nc2ccccc2c1=O. The molecule has 33 heavy (non-hydrogen) atoms. The highest BCUT2D eigenvalue weighted by Gasteiger charge is 2.29. The van der Waals surface area contributed by atoms with E-state index in [2.05, 4.69) is 10.6 Å². The third kappa shape index (κ3) is 4.83. The Morgan fingerprint density at radius 1 is 0.909 bits per heavy atom. The Hall–Kier alpha value is -3.84. The summed E-state index contributed by atoms with van der Waals surface area (Å²) in [6.07, 6.45) is 0. The monoisotopic (exact) mass is 456 g/mol. The van der Waals surface area contributed by atoms with Crippen molar-refractivity contribution >= 4 is 39.8 Å². The van der Waals surface area contributed by atoms with Gasteiger partial charge in [0.2, 0.25) is 5.91 Å². The molecule has 2 N–H and O–H groups in total. The maximum Gasteiger partial charge on any atom is 0.262 e. The molecule has 0 fully saturated rings. The van der Waals surface area contributed by atoms with E-state index in [0.717, 1.165) is 11.3 Å². The van der Waals surface area contributed by atoms with Gasteiger partial charge < -0.3 is 10.6 Å². The van der Waals surface area contributed by atoms with Gasteiger partial charge in [0.25, 0.3) is 5.56 Å². The van der Waals surface area contributed by atoms with E-state index in [-0.39, 0.29) is 22.5 Å². The van der Waals surface area contributed by atoms with Crippen molar-refractivity contribution in [1.29, 1.82) is 0 Å². The average molecular weight is 457 g/mol. The van der Waals surface area contributed by atoms with Gasteiger partial charge in [-0.1, -0.05) is 74.5 Å². The summed E-state index contributed by atoms with van der Waals surface area (Å²) < 4.78 is 1.49. The van der Waals surface area contributed by atoms with Gasteiger partial charge in [0.05, 0.1) is 10.9 Å². The van der Waals surface area contributed by atoms with Crippen LogP contribution >= 0.6 is 12.2 Å². The summed E-state index contributed by atoms with van der Waals surface area (Å²) in [5, 5.41) is 6.39. The number of anilines is 1. The molecule has 7 heteroatoms. The van der Waals surface area contributed by atoms with Gasteiger partial charge in [-0.2, -0.15) is 0 Å². The summed E-state index contributed by atoms with van der Waals surface area (Å²) in [4.78, 5) is 31.8. The zero-order chi connectivity index (χ0) is 23.4. The fraction of sp³-hybridized carbons (Fsp3) is 0.154. The van der Waals surface area contributed by atoms with Crippen LogP contribution in [0.15, 0.2) is 89.7 Å². The summed E-state index contributed by atoms with van der Waals surface area (Å²) in [7, 11) is 0. The molecule has 0 saturated carbocycles. The van der Waals surface area contributed by atoms with Crippen LogP contribution in [0.2, 0.25) is 0 Å². The van der Waals surface area contributed by atoms with Gasteiger partial charge in [0, 0.05) is 11.3 Å². The molecule has 0 bridgehead atoms. The summed E-state index contributed by atoms with van der Waals surface area (Å²) in [5.74, 6) is -0.141. The topological polar surface area (TPSA) is 76.0 Å². The lowest BCUT2D eigenvalue weighted by Gasteiger charge is -2.26. The van der Waals surface area contributed by atoms with Crippen LogP contribution in [0.5, 0.6) is 0 Å². The van der Waals surface area contributed by atoms with Gasteiger partial charge in [0.1, 0.15) is 11.9 Å². The quantitative estimate of drug-likeness (QED) is 0.423. The molecule has 4 aromatic rings. The predicted octanol–water partition coefficient (Wildman–Crippen LogP) is 4.77. The Morgan fingerprint density at radius 3 is 2.18 bits per heavy atom. The van der Waals surface area contributed by atoms with Crippen molar-refractivity contribution in [3.63, 3.8) is 0 Å². The van der Waals surface area contributed by atoms with E-state index >= 15 is 0 Å². The highest BCUT2D eigenvalue weighted by atomic mass is 32.1. The maximum absolute atomic E-state index is 13.6. The molecule has 1 amide bonds. The van der Waals surface area contributed by atoms with E-state index in [1.54, 1.807) is 18.2 Å². The number of nitrogens with one attached hydrogen (secondary N) is 2. The number of rotatable bonds is 5. The Morgan fingerprint density at radius 2 is 1.52 bits per heavy atom. The van der Waals surface area contributed by atoms with Crippen molar-refractivity contribution in [2.45, 2.75) is 19.9 Å². The number of fused-ring (bicyclic) bond motifs is 1. The lowest BCUT2D eigenvalue weighted by Crippen LogP contribution is -2.44. The number of nitrogens with zero attached hydrogens (tertiary/aromatic N) is 2. The van der Waals surface area contributed by atoms with Crippen molar-refractivity contribution in [3.8, 4) is 11.4 Å². The Kier molecular flexibility index (Phi) is 6.60. The van der Waals surface area contributed by atoms with Crippen LogP contribution < -0.4 is 16.2 Å². The second kappa shape index (κ2) is 9.75. The number of carbonyl (C=O) groups is 1. The minimum absolute atomic E-state index is 0.167. The van der Waals surface area contributed by atoms with Crippen LogP contribution in [0.25, 0.3) is 22.3 Å². The largest absolute Gasteiger partial charge is 0.332 e. The normalized spacial score (nSPS) is 11.8. The van der Waals surface area contributed by atoms with Gasteiger partial charge in [-0.15, -0.1) is 0 Å². The van der Waals surface area contributed by atoms with Crippen LogP contribution in [-0.2, 0) is 4.79 Å². The fourth-order valence-corrected chi connectivity index (χ4v) is 4.00. The van der Waals surface area contributed by atoms with Crippen LogP contribution in [0, 0.1) is 5.92 Å². The summed E-state index contributed by atoms with van der Waals surface area (Å²) >= 11 is 5.36. The van der Waals surface area contributed by atoms with Gasteiger partial charge in [-0.05, 0) is 42.4 Å². The first-order chi connectivity index (χ1) is 16.0. The molecule has 3 aromatic carbocycles. The molecule has 0 saturated heterocycles. The van der Waals surface area contributed by atoms with E-state index in [0.29, 0.717) is 16.7 Å². The van der Waals surface area contributed by atoms with Crippen LogP contribution in [-0.4, -0.2) is 20.6 Å². The standard InChI is InChI=1S/C26H24N4O2S/c1-17(2)22(24(31)29-26(33)27-19-13-7-4-8-14-19)30-23(18-11-5-3-6-12-18)28-21-16-10-9-15-20(21)25(30)32/h3-17,22H,1-2H3,(H2,27,29,31,33). The smallest absolute Gasteiger partial charge is 0.262 e. The van der Waals surface area contributed by atoms with Crippen molar-refractivity contribution < 1.29 is 4.79 Å². The molecule has 0 radical (unpaired) electrons. The van der Waals surface area contributed by atoms with Crippen molar-refractivity contribution in [1.82, 2.24) is 14.9 Å². The summed E-state index contributed by atoms with van der Waals surface area (Å²) in [6.45, 7) is 3.79. The molecule has 4 rings (SSSR count). The number of aromatic nitrogens is 2. The average Bonchev–Trinajstić information content (AvgIpc) is 2.81. The van der Waals surface area contributed by atoms with E-state index in [9.17, 15) is 9.59 Å². The minimum atomic E-state index is -0.819. The van der Waals surface area contributed by atoms with Gasteiger partial charge >= 0.3 is 0 Å². The molecule has 166 valence electrons. The lowest BCUT2D eigenvalue weighted by atomic mass is 10.0. The second-order valence-corrected chi connectivity index (χ2v) is 8.40. The first-order valence-corrected chi connectivity index (χ1v) is 11.1. The molecule has 1 atom stereocenters. The Bertz CT molecular complexity index is 1350. The molecule has 1 aromatic heterocycles. The highest BCUT2D eigenvalue weighted by molar-refractivity contribution is 7.80. The maximum atomic E-state index is 13.6. The van der Waals surface area contributed by atoms with Crippen molar-refractivity contribution in [2.24, 2.45) is 5.92 Å². The third-order valence-electron chi connectivity index (χ3n) is 5.29. The first kappa shape index (κ1) is 22.4. The minimum Gasteiger partial charge on any atom is -0.332 e. The van der Waals surface area contributed by atoms with Crippen LogP contribution in [0.4, 0.5) is 5.69 Å². The molecule has 1 heterocycles. The molecule has 6 nitrogen and oxygen atoms in total. The van der Waals surface area contributed by atoms with Crippen LogP contribution in [0.1, 0.15) is 19.9 Å². The van der Waals surface area contributed by atoms with Crippen molar-refractivity contribution in [3.05, 3.63) is 95.3 Å². The van der Waals surface area contributed by atoms with E-state index in [1.807, 2.05) is 80.6 Å². The summed E-state index contributed by atoms with van der Waals surface area (Å²) in [6, 6.07) is 25.1. The molecule has 0 spiro atoms. The Balaban J connectivity index is 1.78. The number of amides is 1. The summed E-state index contributed by atoms with van der Waals surface area (Å²) in [5.41, 5.74) is 1.83. The fourth-order valence-electron chi connectivity index (χ4n) is 3.78. The second-order valence-electron chi connectivity index (χ2n) is 7.99. The highest BCUT2D eigenvalue weighted by Crippen LogP contribution is 2.26. The molecule has 0 aliphatic carbocycles. The van der Waals surface area contributed by atoms with Gasteiger partial charge in [0.15, 0.2) is 5.11 Å². The first-order valence-electron chi connectivity index (χ1n) is 10.7. The third-order valence-corrected chi connectivity index (χ3v) is 5.49. The van der Waals surface area contributed by atoms with E-state index in [1.165, 1.54) is 4.57 Å². The molecule has 0 aliphatic rings. The number of hydrogen-bond acceptors (Lipinski definition) is 4. The molecule has 0 aliphatic heterocycles. The van der Waals surface area contributed by atoms with Crippen molar-refractivity contribution in [2.75, 3.05) is 5.32 Å². The van der Waals surface area contributed by atoms with Gasteiger partial charge in [-0.25, -0.2) is 4.98 Å². The zero-order valence-corrected chi connectivity index (χ0v) is 19.2. The molecular formula is C26H24N4O2S. The number of benzene rings is 3. The number of hydrogen-bond donors (Lipinski definition) is 2. The lowest BCUT2D eigenvalue weighted by molar-refractivity contribution is -0.124. The predicted molar refractivity (Wildman–Crippen MR) is 136 cm³/mol. The number of carbonyl (C=O) groups excluding carboxylic acids is 1. The zero-order valence-electron chi connectivity index (χ0n) is 18.4. The number of para-hydroxylation sites is 2. The Labute approximate surface area is 197 Å². The van der Waals surface area contributed by atoms with Crippen LogP contribution in [0.3, 0.4) is 0 Å². The number of thiocarbonyl (C=S) groups is 1. The van der Waals surface area contributed by atoms with E-state index in [4.69, 9.17) is 17.2 Å². The molecular weight excluding hydrogens is 432 g/mol. The molecule has 1 unspecified atom stereocenters. The van der Waals surface area contributed by atoms with Gasteiger partial charge in [-0.3, -0.25) is 14.2 Å². The van der Waals surface area contributed by atoms with E-state index < -0.39 is 6.04 Å².